The molecule has 0 amide bonds. The molecule has 234 valence electrons. The van der Waals surface area contributed by atoms with Gasteiger partial charge in [0.05, 0.1) is 23.9 Å². The topological polar surface area (TPSA) is 85.2 Å². The van der Waals surface area contributed by atoms with Gasteiger partial charge in [0.15, 0.2) is 0 Å². The highest BCUT2D eigenvalue weighted by atomic mass is 19.1. The lowest BCUT2D eigenvalue weighted by molar-refractivity contribution is 0.107. The van der Waals surface area contributed by atoms with Crippen molar-refractivity contribution in [2.24, 2.45) is 11.8 Å². The number of halogens is 2. The van der Waals surface area contributed by atoms with E-state index in [0.29, 0.717) is 63.0 Å². The van der Waals surface area contributed by atoms with Crippen molar-refractivity contribution in [3.8, 4) is 11.8 Å². The van der Waals surface area contributed by atoms with Crippen LogP contribution < -0.4 is 14.5 Å². The van der Waals surface area contributed by atoms with Crippen LogP contribution in [0.2, 0.25) is 0 Å². The highest BCUT2D eigenvalue weighted by Crippen LogP contribution is 2.44. The number of aromatic hydroxyl groups is 1. The van der Waals surface area contributed by atoms with E-state index >= 15 is 0 Å². The van der Waals surface area contributed by atoms with E-state index in [1.165, 1.54) is 6.07 Å². The van der Waals surface area contributed by atoms with Crippen LogP contribution in [0, 0.1) is 17.7 Å². The molecule has 0 radical (unpaired) electrons. The Morgan fingerprint density at radius 1 is 1.09 bits per heavy atom. The quantitative estimate of drug-likeness (QED) is 0.416. The van der Waals surface area contributed by atoms with Crippen LogP contribution in [0.1, 0.15) is 55.8 Å². The monoisotopic (exact) mass is 605 g/mol. The zero-order valence-corrected chi connectivity index (χ0v) is 25.3. The first-order chi connectivity index (χ1) is 21.3. The third kappa shape index (κ3) is 4.59. The number of aliphatic hydroxyl groups is 1. The van der Waals surface area contributed by atoms with Crippen LogP contribution in [-0.4, -0.2) is 82.2 Å². The third-order valence-electron chi connectivity index (χ3n) is 11.2. The fourth-order valence-electron chi connectivity index (χ4n) is 9.05. The first-order valence-corrected chi connectivity index (χ1v) is 16.4. The van der Waals surface area contributed by atoms with E-state index in [1.807, 2.05) is 6.92 Å². The number of alkyl halides is 1. The molecule has 1 aliphatic carbocycles. The number of phenols is 1. The molecule has 0 spiro atoms. The van der Waals surface area contributed by atoms with Gasteiger partial charge in [0, 0.05) is 61.2 Å². The van der Waals surface area contributed by atoms with Crippen LogP contribution in [-0.2, 0) is 19.4 Å². The van der Waals surface area contributed by atoms with Crippen LogP contribution in [0.25, 0.3) is 10.8 Å². The van der Waals surface area contributed by atoms with E-state index in [4.69, 9.17) is 14.7 Å². The second kappa shape index (κ2) is 10.7. The Labute approximate surface area is 256 Å². The minimum absolute atomic E-state index is 0.143. The molecule has 1 saturated carbocycles. The van der Waals surface area contributed by atoms with Gasteiger partial charge in [-0.25, -0.2) is 8.78 Å². The summed E-state index contributed by atoms with van der Waals surface area (Å²) >= 11 is 0. The summed E-state index contributed by atoms with van der Waals surface area (Å²) < 4.78 is 35.8. The predicted octanol–water partition coefficient (Wildman–Crippen LogP) is 4.76. The molecule has 44 heavy (non-hydrogen) atoms. The van der Waals surface area contributed by atoms with Gasteiger partial charge in [-0.05, 0) is 74.1 Å². The number of phenolic OH excluding ortho intramolecular Hbond substituents is 1. The van der Waals surface area contributed by atoms with Crippen molar-refractivity contribution in [3.63, 3.8) is 0 Å². The van der Waals surface area contributed by atoms with Crippen LogP contribution in [0.4, 0.5) is 20.3 Å². The van der Waals surface area contributed by atoms with E-state index in [9.17, 15) is 19.0 Å². The molecule has 5 aliphatic rings. The van der Waals surface area contributed by atoms with Crippen molar-refractivity contribution < 1.29 is 23.7 Å². The van der Waals surface area contributed by atoms with Crippen LogP contribution in [0.3, 0.4) is 0 Å². The van der Waals surface area contributed by atoms with Gasteiger partial charge in [0.1, 0.15) is 30.2 Å². The van der Waals surface area contributed by atoms with Gasteiger partial charge in [-0.2, -0.15) is 9.97 Å². The van der Waals surface area contributed by atoms with E-state index in [0.717, 1.165) is 78.9 Å². The predicted molar refractivity (Wildman–Crippen MR) is 165 cm³/mol. The Kier molecular flexibility index (Phi) is 6.86. The lowest BCUT2D eigenvalue weighted by atomic mass is 9.95. The van der Waals surface area contributed by atoms with Gasteiger partial charge in [-0.15, -0.1) is 0 Å². The maximum atomic E-state index is 15.0. The zero-order chi connectivity index (χ0) is 30.2. The van der Waals surface area contributed by atoms with Gasteiger partial charge < -0.3 is 24.7 Å². The highest BCUT2D eigenvalue weighted by molar-refractivity contribution is 5.98. The summed E-state index contributed by atoms with van der Waals surface area (Å²) in [4.78, 5) is 16.7. The Balaban J connectivity index is 1.16. The maximum absolute atomic E-state index is 15.0. The molecule has 5 atom stereocenters. The Hall–Kier alpha value is -3.24. The molecule has 1 aromatic heterocycles. The van der Waals surface area contributed by atoms with Gasteiger partial charge >= 0.3 is 6.01 Å². The SMILES string of the molecule is CCc1c(F)ccc2cc(O)cc(N3CCc4c(nc(OC[C@@]56CCCN5C[C@H](F)C6)nc4N4C[C@H]5CC[C@@H](O)[C@H]5C4)C3)c12. The normalized spacial score (nSPS) is 29.8. The van der Waals surface area contributed by atoms with Gasteiger partial charge in [0.2, 0.25) is 0 Å². The average molecular weight is 606 g/mol. The number of hydrogen-bond acceptors (Lipinski definition) is 8. The molecule has 4 aliphatic heterocycles. The molecule has 3 saturated heterocycles. The van der Waals surface area contributed by atoms with E-state index in [-0.39, 0.29) is 29.1 Å². The summed E-state index contributed by atoms with van der Waals surface area (Å²) in [6.45, 7) is 6.41. The molecule has 0 bridgehead atoms. The van der Waals surface area contributed by atoms with Crippen LogP contribution in [0.5, 0.6) is 11.8 Å². The molecule has 10 heteroatoms. The van der Waals surface area contributed by atoms with Crippen molar-refractivity contribution in [3.05, 3.63) is 46.9 Å². The van der Waals surface area contributed by atoms with E-state index in [1.54, 1.807) is 18.2 Å². The molecule has 4 fully saturated rings. The summed E-state index contributed by atoms with van der Waals surface area (Å²) in [6, 6.07) is 6.93. The van der Waals surface area contributed by atoms with Crippen molar-refractivity contribution in [2.75, 3.05) is 49.1 Å². The average Bonchev–Trinajstić information content (AvgIpc) is 3.76. The van der Waals surface area contributed by atoms with Crippen molar-refractivity contribution in [1.29, 1.82) is 0 Å². The molecule has 3 aromatic rings. The summed E-state index contributed by atoms with van der Waals surface area (Å²) in [5, 5.41) is 22.9. The molecule has 8 rings (SSSR count). The second-order valence-electron chi connectivity index (χ2n) is 13.7. The summed E-state index contributed by atoms with van der Waals surface area (Å²) in [5.41, 5.74) is 3.07. The summed E-state index contributed by atoms with van der Waals surface area (Å²) in [5.74, 6) is 1.48. The number of rotatable bonds is 6. The zero-order valence-electron chi connectivity index (χ0n) is 25.3. The number of benzene rings is 2. The molecule has 0 unspecified atom stereocenters. The molecule has 8 nitrogen and oxygen atoms in total. The lowest BCUT2D eigenvalue weighted by Crippen LogP contribution is -2.43. The fourth-order valence-corrected chi connectivity index (χ4v) is 9.05. The summed E-state index contributed by atoms with van der Waals surface area (Å²) in [6.07, 6.45) is 4.43. The van der Waals surface area contributed by atoms with Crippen LogP contribution >= 0.6 is 0 Å². The maximum Gasteiger partial charge on any atom is 0.318 e. The number of nitrogens with zero attached hydrogens (tertiary/aromatic N) is 5. The minimum Gasteiger partial charge on any atom is -0.508 e. The lowest BCUT2D eigenvalue weighted by Gasteiger charge is -2.34. The first-order valence-electron chi connectivity index (χ1n) is 16.4. The largest absolute Gasteiger partial charge is 0.508 e. The van der Waals surface area contributed by atoms with Crippen molar-refractivity contribution in [1.82, 2.24) is 14.9 Å². The summed E-state index contributed by atoms with van der Waals surface area (Å²) in [7, 11) is 0. The molecule has 2 N–H and O–H groups in total. The van der Waals surface area contributed by atoms with Crippen LogP contribution in [0.15, 0.2) is 24.3 Å². The van der Waals surface area contributed by atoms with Gasteiger partial charge in [-0.3, -0.25) is 4.90 Å². The molecular weight excluding hydrogens is 564 g/mol. The van der Waals surface area contributed by atoms with Gasteiger partial charge in [-0.1, -0.05) is 13.0 Å². The number of aryl methyl sites for hydroxylation is 1. The van der Waals surface area contributed by atoms with E-state index in [2.05, 4.69) is 14.7 Å². The number of hydrogen-bond donors (Lipinski definition) is 2. The highest BCUT2D eigenvalue weighted by Gasteiger charge is 2.49. The Morgan fingerprint density at radius 3 is 2.82 bits per heavy atom. The smallest absolute Gasteiger partial charge is 0.318 e. The number of ether oxygens (including phenoxy) is 1. The standard InChI is InChI=1S/C34H41F2N5O3/c1-2-24-27(36)6-4-20-12-23(42)13-29(31(20)24)39-11-8-25-28(18-39)37-33(44-19-34-9-3-10-41(34)16-22(35)14-34)38-32(25)40-15-21-5-7-30(43)26(21)17-40/h4,6,12-13,21-22,26,30,42-43H,2-3,5,7-11,14-19H2,1H3/t21-,22-,26+,30-,34+/m1/s1. The number of fused-ring (bicyclic) bond motifs is 4. The molecule has 5 heterocycles. The van der Waals surface area contributed by atoms with Gasteiger partial charge in [0.25, 0.3) is 0 Å². The fraction of sp³-hybridized carbons (Fsp3) is 0.588. The number of aromatic nitrogens is 2. The Morgan fingerprint density at radius 2 is 1.98 bits per heavy atom. The van der Waals surface area contributed by atoms with Crippen molar-refractivity contribution in [2.45, 2.75) is 76.2 Å². The third-order valence-corrected chi connectivity index (χ3v) is 11.2. The Bertz CT molecular complexity index is 1610. The first kappa shape index (κ1) is 28.2. The van der Waals surface area contributed by atoms with Crippen molar-refractivity contribution >= 4 is 22.3 Å². The van der Waals surface area contributed by atoms with E-state index < -0.39 is 6.17 Å². The number of aliphatic hydroxyl groups excluding tert-OH is 1. The second-order valence-corrected chi connectivity index (χ2v) is 13.7. The molecular formula is C34H41F2N5O3. The minimum atomic E-state index is -0.835. The number of anilines is 2. The molecule has 2 aromatic carbocycles.